The maximum Gasteiger partial charge on any atom is 0.264 e. The van der Waals surface area contributed by atoms with Crippen molar-refractivity contribution in [3.63, 3.8) is 0 Å². The maximum atomic E-state index is 13.1. The molecule has 38 heavy (non-hydrogen) atoms. The number of piperidine rings is 1. The van der Waals surface area contributed by atoms with Crippen LogP contribution in [0.5, 0.6) is 0 Å². The van der Waals surface area contributed by atoms with Gasteiger partial charge in [-0.25, -0.2) is 18.1 Å². The SMILES string of the molecule is C=CS(=O)(=O)Nc1ccc(C(=O)N2CCC(O)(Cn3cnc4c(cnn4-c4ccccc4)c3=O)CC2)cc1. The number of likely N-dealkylation sites (tertiary alicyclic amines) is 1. The fourth-order valence-electron chi connectivity index (χ4n) is 4.49. The molecular weight excluding hydrogens is 508 g/mol. The van der Waals surface area contributed by atoms with Crippen molar-refractivity contribution >= 4 is 32.7 Å². The van der Waals surface area contributed by atoms with Crippen molar-refractivity contribution in [3.8, 4) is 5.69 Å². The second-order valence-corrected chi connectivity index (χ2v) is 10.8. The summed E-state index contributed by atoms with van der Waals surface area (Å²) in [6.45, 7) is 3.90. The Labute approximate surface area is 218 Å². The number of rotatable bonds is 7. The standard InChI is InChI=1S/C26H26N6O5S/c1-2-38(36,37)29-20-10-8-19(9-11-20)24(33)30-14-12-26(35,13-15-30)17-31-18-27-23-22(25(31)34)16-28-32(23)21-6-4-3-5-7-21/h2-11,16,18,29,35H,1,12-15,17H2. The predicted octanol–water partition coefficient (Wildman–Crippen LogP) is 2.13. The number of aromatic nitrogens is 4. The van der Waals surface area contributed by atoms with Gasteiger partial charge in [0.2, 0.25) is 0 Å². The smallest absolute Gasteiger partial charge is 0.264 e. The van der Waals surface area contributed by atoms with Gasteiger partial charge in [-0.3, -0.25) is 18.9 Å². The van der Waals surface area contributed by atoms with E-state index in [9.17, 15) is 23.1 Å². The van der Waals surface area contributed by atoms with E-state index in [1.54, 1.807) is 21.7 Å². The number of nitrogens with one attached hydrogen (secondary N) is 1. The van der Waals surface area contributed by atoms with Crippen LogP contribution in [0, 0.1) is 0 Å². The van der Waals surface area contributed by atoms with E-state index < -0.39 is 15.6 Å². The van der Waals surface area contributed by atoms with Crippen molar-refractivity contribution in [2.45, 2.75) is 25.0 Å². The number of carbonyl (C=O) groups excluding carboxylic acids is 1. The summed E-state index contributed by atoms with van der Waals surface area (Å²) >= 11 is 0. The fraction of sp³-hybridized carbons (Fsp3) is 0.231. The molecule has 12 heteroatoms. The normalized spacial score (nSPS) is 15.3. The number of aliphatic hydroxyl groups is 1. The van der Waals surface area contributed by atoms with Gasteiger partial charge in [0.25, 0.3) is 21.5 Å². The van der Waals surface area contributed by atoms with Crippen molar-refractivity contribution in [2.24, 2.45) is 0 Å². The molecule has 0 aliphatic carbocycles. The zero-order chi connectivity index (χ0) is 26.9. The van der Waals surface area contributed by atoms with E-state index in [2.05, 4.69) is 21.4 Å². The molecule has 3 heterocycles. The summed E-state index contributed by atoms with van der Waals surface area (Å²) in [4.78, 5) is 32.1. The van der Waals surface area contributed by atoms with Gasteiger partial charge in [0.05, 0.1) is 24.0 Å². The molecule has 0 radical (unpaired) electrons. The molecule has 2 aromatic carbocycles. The minimum absolute atomic E-state index is 0.0471. The van der Waals surface area contributed by atoms with Crippen LogP contribution < -0.4 is 10.3 Å². The van der Waals surface area contributed by atoms with Crippen molar-refractivity contribution in [1.82, 2.24) is 24.2 Å². The van der Waals surface area contributed by atoms with Crippen LogP contribution in [0.2, 0.25) is 0 Å². The molecule has 4 aromatic rings. The van der Waals surface area contributed by atoms with Crippen LogP contribution in [0.3, 0.4) is 0 Å². The van der Waals surface area contributed by atoms with Crippen molar-refractivity contribution in [2.75, 3.05) is 17.8 Å². The first-order valence-corrected chi connectivity index (χ1v) is 13.5. The molecule has 2 N–H and O–H groups in total. The first-order chi connectivity index (χ1) is 18.2. The van der Waals surface area contributed by atoms with Gasteiger partial charge < -0.3 is 10.0 Å². The summed E-state index contributed by atoms with van der Waals surface area (Å²) in [5.41, 5.74) is 0.469. The first-order valence-electron chi connectivity index (χ1n) is 11.9. The molecular formula is C26H26N6O5S. The molecule has 0 spiro atoms. The number of anilines is 1. The molecule has 0 unspecified atom stereocenters. The highest BCUT2D eigenvalue weighted by Gasteiger charge is 2.35. The summed E-state index contributed by atoms with van der Waals surface area (Å²) in [6.07, 6.45) is 3.46. The quantitative estimate of drug-likeness (QED) is 0.370. The van der Waals surface area contributed by atoms with Crippen molar-refractivity contribution < 1.29 is 18.3 Å². The largest absolute Gasteiger partial charge is 0.388 e. The molecule has 0 saturated carbocycles. The monoisotopic (exact) mass is 534 g/mol. The Morgan fingerprint density at radius 1 is 1.11 bits per heavy atom. The average molecular weight is 535 g/mol. The third-order valence-electron chi connectivity index (χ3n) is 6.61. The van der Waals surface area contributed by atoms with Gasteiger partial charge in [-0.1, -0.05) is 24.8 Å². The van der Waals surface area contributed by atoms with Crippen molar-refractivity contribution in [1.29, 1.82) is 0 Å². The summed E-state index contributed by atoms with van der Waals surface area (Å²) in [7, 11) is -3.63. The van der Waals surface area contributed by atoms with Gasteiger partial charge >= 0.3 is 0 Å². The van der Waals surface area contributed by atoms with Crippen LogP contribution in [-0.4, -0.2) is 62.4 Å². The number of hydrogen-bond donors (Lipinski definition) is 2. The molecule has 1 aliphatic heterocycles. The van der Waals surface area contributed by atoms with E-state index in [1.165, 1.54) is 29.2 Å². The second kappa shape index (κ2) is 9.88. The van der Waals surface area contributed by atoms with Crippen molar-refractivity contribution in [3.05, 3.63) is 95.0 Å². The number of benzene rings is 2. The Morgan fingerprint density at radius 3 is 2.45 bits per heavy atom. The molecule has 1 saturated heterocycles. The van der Waals surface area contributed by atoms with Crippen LogP contribution in [0.25, 0.3) is 16.7 Å². The summed E-state index contributed by atoms with van der Waals surface area (Å²) in [5.74, 6) is -0.223. The van der Waals surface area contributed by atoms with E-state index in [4.69, 9.17) is 0 Å². The van der Waals surface area contributed by atoms with E-state index in [-0.39, 0.29) is 30.9 Å². The van der Waals surface area contributed by atoms with Gasteiger partial charge in [0.15, 0.2) is 5.65 Å². The predicted molar refractivity (Wildman–Crippen MR) is 142 cm³/mol. The number of para-hydroxylation sites is 1. The van der Waals surface area contributed by atoms with Crippen LogP contribution in [0.4, 0.5) is 5.69 Å². The Bertz CT molecular complexity index is 1650. The fourth-order valence-corrected chi connectivity index (χ4v) is 5.04. The molecule has 1 amide bonds. The minimum Gasteiger partial charge on any atom is -0.388 e. The zero-order valence-electron chi connectivity index (χ0n) is 20.4. The second-order valence-electron chi connectivity index (χ2n) is 9.21. The lowest BCUT2D eigenvalue weighted by Crippen LogP contribution is -2.49. The summed E-state index contributed by atoms with van der Waals surface area (Å²) < 4.78 is 28.5. The Balaban J connectivity index is 1.25. The zero-order valence-corrected chi connectivity index (χ0v) is 21.2. The van der Waals surface area contributed by atoms with Crippen LogP contribution in [0.1, 0.15) is 23.2 Å². The minimum atomic E-state index is -3.63. The highest BCUT2D eigenvalue weighted by Crippen LogP contribution is 2.25. The number of hydrogen-bond acceptors (Lipinski definition) is 7. The lowest BCUT2D eigenvalue weighted by atomic mass is 9.91. The Morgan fingerprint density at radius 2 is 1.79 bits per heavy atom. The topological polar surface area (TPSA) is 139 Å². The summed E-state index contributed by atoms with van der Waals surface area (Å²) in [6, 6.07) is 15.5. The van der Waals surface area contributed by atoms with Gasteiger partial charge in [0.1, 0.15) is 11.7 Å². The third kappa shape index (κ3) is 5.08. The van der Waals surface area contributed by atoms with Crippen LogP contribution >= 0.6 is 0 Å². The van der Waals surface area contributed by atoms with E-state index in [0.29, 0.717) is 35.4 Å². The van der Waals surface area contributed by atoms with E-state index >= 15 is 0 Å². The molecule has 196 valence electrons. The molecule has 11 nitrogen and oxygen atoms in total. The Kier molecular flexibility index (Phi) is 6.59. The molecule has 2 aromatic heterocycles. The van der Waals surface area contributed by atoms with Crippen LogP contribution in [-0.2, 0) is 16.6 Å². The number of nitrogens with zero attached hydrogens (tertiary/aromatic N) is 5. The van der Waals surface area contributed by atoms with Gasteiger partial charge in [-0.2, -0.15) is 5.10 Å². The lowest BCUT2D eigenvalue weighted by molar-refractivity contribution is -0.0299. The first kappa shape index (κ1) is 25.4. The van der Waals surface area contributed by atoms with Gasteiger partial charge in [-0.05, 0) is 49.2 Å². The molecule has 0 atom stereocenters. The maximum absolute atomic E-state index is 13.1. The lowest BCUT2D eigenvalue weighted by Gasteiger charge is -2.38. The molecule has 1 fully saturated rings. The molecule has 0 bridgehead atoms. The highest BCUT2D eigenvalue weighted by molar-refractivity contribution is 7.95. The number of amides is 1. The average Bonchev–Trinajstić information content (AvgIpc) is 3.36. The number of sulfonamides is 1. The number of fused-ring (bicyclic) bond motifs is 1. The summed E-state index contributed by atoms with van der Waals surface area (Å²) in [5, 5.41) is 16.7. The van der Waals surface area contributed by atoms with Gasteiger partial charge in [-0.15, -0.1) is 0 Å². The van der Waals surface area contributed by atoms with Gasteiger partial charge in [0, 0.05) is 29.7 Å². The molecule has 5 rings (SSSR count). The Hall–Kier alpha value is -4.29. The highest BCUT2D eigenvalue weighted by atomic mass is 32.2. The van der Waals surface area contributed by atoms with E-state index in [0.717, 1.165) is 11.1 Å². The van der Waals surface area contributed by atoms with Crippen LogP contribution in [0.15, 0.2) is 83.9 Å². The van der Waals surface area contributed by atoms with E-state index in [1.807, 2.05) is 30.3 Å². The molecule has 1 aliphatic rings. The number of carbonyl (C=O) groups is 1. The third-order valence-corrected chi connectivity index (χ3v) is 7.57.